The Balaban J connectivity index is 1.95. The number of amidine groups is 1. The van der Waals surface area contributed by atoms with Crippen molar-refractivity contribution in [2.24, 2.45) is 10.7 Å². The van der Waals surface area contributed by atoms with Gasteiger partial charge in [-0.1, -0.05) is 23.8 Å². The fourth-order valence-electron chi connectivity index (χ4n) is 3.80. The van der Waals surface area contributed by atoms with Gasteiger partial charge < -0.3 is 14.7 Å². The largest absolute Gasteiger partial charge is 0.573 e. The molecule has 3 rings (SSSR count). The third kappa shape index (κ3) is 6.81. The van der Waals surface area contributed by atoms with E-state index in [0.29, 0.717) is 36.6 Å². The molecule has 11 heteroatoms. The topological polar surface area (TPSA) is 80.6 Å². The summed E-state index contributed by atoms with van der Waals surface area (Å²) in [7, 11) is -1.22. The average molecular weight is 476 g/mol. The molecule has 1 aliphatic heterocycles. The number of hydrogen-bond acceptors (Lipinski definition) is 5. The maximum atomic E-state index is 12.8. The molecule has 0 amide bonds. The van der Waals surface area contributed by atoms with Crippen LogP contribution < -0.4 is 4.74 Å². The summed E-state index contributed by atoms with van der Waals surface area (Å²) in [5, 5.41) is 9.22. The monoisotopic (exact) mass is 476 g/mol. The summed E-state index contributed by atoms with van der Waals surface area (Å²) in [5.74, 6) is 0.558. The second kappa shape index (κ2) is 10.4. The second-order valence-corrected chi connectivity index (χ2v) is 9.70. The quantitative estimate of drug-likeness (QED) is 0.375. The zero-order valence-corrected chi connectivity index (χ0v) is 18.9. The molecule has 1 saturated carbocycles. The predicted molar refractivity (Wildman–Crippen MR) is 113 cm³/mol. The summed E-state index contributed by atoms with van der Waals surface area (Å²) in [4.78, 5) is 1.96. The summed E-state index contributed by atoms with van der Waals surface area (Å²) < 4.78 is 69.1. The van der Waals surface area contributed by atoms with Gasteiger partial charge in [-0.25, -0.2) is 4.57 Å². The van der Waals surface area contributed by atoms with E-state index >= 15 is 0 Å². The highest BCUT2D eigenvalue weighted by Gasteiger charge is 2.39. The molecule has 2 aliphatic rings. The van der Waals surface area contributed by atoms with Gasteiger partial charge in [-0.05, 0) is 49.3 Å². The van der Waals surface area contributed by atoms with Crippen LogP contribution >= 0.6 is 7.75 Å². The van der Waals surface area contributed by atoms with Crippen molar-refractivity contribution in [1.29, 1.82) is 0 Å². The van der Waals surface area contributed by atoms with Crippen LogP contribution in [0.1, 0.15) is 37.7 Å². The first-order chi connectivity index (χ1) is 15.2. The van der Waals surface area contributed by atoms with Gasteiger partial charge in [0, 0.05) is 33.8 Å². The Hall–Kier alpha value is -1.87. The second-order valence-electron chi connectivity index (χ2n) is 7.83. The van der Waals surface area contributed by atoms with E-state index in [2.05, 4.69) is 15.6 Å². The summed E-state index contributed by atoms with van der Waals surface area (Å²) in [6, 6.07) is 5.75. The molecular formula is C21H28F3N2O5P. The molecule has 1 aromatic rings. The van der Waals surface area contributed by atoms with E-state index < -0.39 is 14.1 Å². The Morgan fingerprint density at radius 3 is 2.56 bits per heavy atom. The lowest BCUT2D eigenvalue weighted by atomic mass is 9.94. The van der Waals surface area contributed by atoms with Gasteiger partial charge in [0.1, 0.15) is 11.6 Å². The minimum absolute atomic E-state index is 0.0504. The molecule has 1 unspecified atom stereocenters. The summed E-state index contributed by atoms with van der Waals surface area (Å²) in [6.45, 7) is 0.314. The number of alkyl halides is 3. The standard InChI is InChI=1S/C21H28F3N2O5P/c1-29-32(28,30-2)25-20-13-15(6-4-10-27)12-19(17-8-9-17)26(20)14-16-5-3-7-18(11-16)31-21(22,23)24/h3,5,7,11-12,17,19,27H,4,6,8-10,13-14H2,1-2H3/b25-20-. The number of aliphatic hydroxyl groups excluding tert-OH is 1. The van der Waals surface area contributed by atoms with Crippen LogP contribution in [-0.2, 0) is 20.2 Å². The molecule has 1 N–H and O–H groups in total. The zero-order chi connectivity index (χ0) is 23.4. The Morgan fingerprint density at radius 2 is 1.97 bits per heavy atom. The van der Waals surface area contributed by atoms with Crippen LogP contribution in [0.15, 0.2) is 40.7 Å². The minimum atomic E-state index is -4.78. The van der Waals surface area contributed by atoms with Gasteiger partial charge in [-0.15, -0.1) is 13.2 Å². The molecule has 178 valence electrons. The first-order valence-electron chi connectivity index (χ1n) is 10.4. The number of aliphatic hydroxyl groups is 1. The number of hydrogen-bond donors (Lipinski definition) is 1. The molecule has 1 aliphatic carbocycles. The van der Waals surface area contributed by atoms with Crippen LogP contribution in [0.4, 0.5) is 13.2 Å². The van der Waals surface area contributed by atoms with Crippen LogP contribution in [-0.4, -0.2) is 49.1 Å². The zero-order valence-electron chi connectivity index (χ0n) is 18.0. The molecule has 1 aromatic carbocycles. The third-order valence-electron chi connectivity index (χ3n) is 5.43. The van der Waals surface area contributed by atoms with E-state index in [4.69, 9.17) is 9.05 Å². The fourth-order valence-corrected chi connectivity index (χ4v) is 4.58. The molecule has 0 aromatic heterocycles. The summed E-state index contributed by atoms with van der Waals surface area (Å²) in [5.41, 5.74) is 1.67. The molecule has 0 saturated heterocycles. The molecule has 0 radical (unpaired) electrons. The normalized spacial score (nSPS) is 21.1. The van der Waals surface area contributed by atoms with E-state index in [1.807, 2.05) is 4.90 Å². The lowest BCUT2D eigenvalue weighted by Crippen LogP contribution is -2.43. The van der Waals surface area contributed by atoms with Gasteiger partial charge in [-0.3, -0.25) is 9.05 Å². The number of benzene rings is 1. The van der Waals surface area contributed by atoms with Crippen molar-refractivity contribution in [2.75, 3.05) is 20.8 Å². The van der Waals surface area contributed by atoms with Crippen molar-refractivity contribution in [3.05, 3.63) is 41.5 Å². The van der Waals surface area contributed by atoms with E-state index in [-0.39, 0.29) is 24.9 Å². The Kier molecular flexibility index (Phi) is 8.03. The van der Waals surface area contributed by atoms with E-state index in [1.165, 1.54) is 32.4 Å². The van der Waals surface area contributed by atoms with Crippen LogP contribution in [0.25, 0.3) is 0 Å². The third-order valence-corrected chi connectivity index (χ3v) is 6.83. The number of nitrogens with zero attached hydrogens (tertiary/aromatic N) is 2. The first kappa shape index (κ1) is 24.8. The van der Waals surface area contributed by atoms with Crippen LogP contribution in [0.2, 0.25) is 0 Å². The van der Waals surface area contributed by atoms with Gasteiger partial charge in [0.05, 0.1) is 6.04 Å². The molecule has 0 spiro atoms. The maximum Gasteiger partial charge on any atom is 0.573 e. The van der Waals surface area contributed by atoms with Gasteiger partial charge in [0.15, 0.2) is 0 Å². The molecule has 0 bridgehead atoms. The smallest absolute Gasteiger partial charge is 0.406 e. The van der Waals surface area contributed by atoms with E-state index in [0.717, 1.165) is 18.4 Å². The highest BCUT2D eigenvalue weighted by Crippen LogP contribution is 2.50. The molecular weight excluding hydrogens is 448 g/mol. The Morgan fingerprint density at radius 1 is 1.25 bits per heavy atom. The summed E-state index contributed by atoms with van der Waals surface area (Å²) in [6.07, 6.45) is 1.06. The van der Waals surface area contributed by atoms with Gasteiger partial charge in [0.2, 0.25) is 0 Å². The lowest BCUT2D eigenvalue weighted by Gasteiger charge is -2.38. The Bertz CT molecular complexity index is 894. The lowest BCUT2D eigenvalue weighted by molar-refractivity contribution is -0.274. The maximum absolute atomic E-state index is 12.8. The van der Waals surface area contributed by atoms with Crippen molar-refractivity contribution in [3.63, 3.8) is 0 Å². The van der Waals surface area contributed by atoms with Gasteiger partial charge in [0.25, 0.3) is 0 Å². The van der Waals surface area contributed by atoms with Gasteiger partial charge >= 0.3 is 14.1 Å². The number of rotatable bonds is 10. The fraction of sp³-hybridized carbons (Fsp3) is 0.571. The number of halogens is 3. The Labute approximate surface area is 185 Å². The molecule has 1 fully saturated rings. The molecule has 7 nitrogen and oxygen atoms in total. The number of ether oxygens (including phenoxy) is 1. The van der Waals surface area contributed by atoms with Crippen molar-refractivity contribution in [1.82, 2.24) is 4.90 Å². The van der Waals surface area contributed by atoms with Crippen molar-refractivity contribution in [3.8, 4) is 5.75 Å². The SMILES string of the molecule is COP(=O)(/N=C1/CC(CCCO)=CC(C2CC2)N1Cc1cccc(OC(F)(F)F)c1)OC. The highest BCUT2D eigenvalue weighted by molar-refractivity contribution is 7.52. The molecule has 32 heavy (non-hydrogen) atoms. The first-order valence-corrected chi connectivity index (χ1v) is 11.9. The van der Waals surface area contributed by atoms with Crippen LogP contribution in [0, 0.1) is 5.92 Å². The highest BCUT2D eigenvalue weighted by atomic mass is 31.2. The van der Waals surface area contributed by atoms with Crippen LogP contribution in [0.3, 0.4) is 0 Å². The molecule has 1 atom stereocenters. The van der Waals surface area contributed by atoms with Crippen molar-refractivity contribution < 1.29 is 36.6 Å². The van der Waals surface area contributed by atoms with Crippen LogP contribution in [0.5, 0.6) is 5.75 Å². The van der Waals surface area contributed by atoms with E-state index in [9.17, 15) is 22.8 Å². The predicted octanol–water partition coefficient (Wildman–Crippen LogP) is 5.07. The van der Waals surface area contributed by atoms with Crippen molar-refractivity contribution in [2.45, 2.75) is 51.1 Å². The minimum Gasteiger partial charge on any atom is -0.406 e. The molecule has 1 heterocycles. The van der Waals surface area contributed by atoms with Gasteiger partial charge in [-0.2, -0.15) is 4.76 Å². The summed E-state index contributed by atoms with van der Waals surface area (Å²) >= 11 is 0. The van der Waals surface area contributed by atoms with Crippen molar-refractivity contribution >= 4 is 13.6 Å². The average Bonchev–Trinajstić information content (AvgIpc) is 3.58. The van der Waals surface area contributed by atoms with E-state index in [1.54, 1.807) is 6.07 Å².